The van der Waals surface area contributed by atoms with Gasteiger partial charge < -0.3 is 10.2 Å². The second-order valence-corrected chi connectivity index (χ2v) is 6.52. The minimum absolute atomic E-state index is 0.0401. The van der Waals surface area contributed by atoms with Gasteiger partial charge in [0, 0.05) is 24.1 Å². The lowest BCUT2D eigenvalue weighted by atomic mass is 10.0. The Balaban J connectivity index is 1.65. The molecular weight excluding hydrogens is 296 g/mol. The lowest BCUT2D eigenvalue weighted by molar-refractivity contribution is -0.928. The first-order chi connectivity index (χ1) is 10.6. The minimum Gasteiger partial charge on any atom is -0.352 e. The normalized spacial score (nSPS) is 21.9. The van der Waals surface area contributed by atoms with E-state index in [1.165, 1.54) is 25.8 Å². The molecule has 1 aromatic rings. The van der Waals surface area contributed by atoms with Crippen molar-refractivity contribution >= 4 is 23.6 Å². The number of nitrogens with one attached hydrogen (secondary N) is 2. The Kier molecular flexibility index (Phi) is 6.94. The van der Waals surface area contributed by atoms with Gasteiger partial charge in [-0.1, -0.05) is 23.7 Å². The van der Waals surface area contributed by atoms with Crippen molar-refractivity contribution in [1.82, 2.24) is 5.32 Å². The Morgan fingerprint density at radius 1 is 1.45 bits per heavy atom. The van der Waals surface area contributed by atoms with Crippen LogP contribution in [0.25, 0.3) is 6.08 Å². The summed E-state index contributed by atoms with van der Waals surface area (Å²) in [6.45, 7) is 5.51. The van der Waals surface area contributed by atoms with Gasteiger partial charge in [-0.25, -0.2) is 0 Å². The Morgan fingerprint density at radius 2 is 2.32 bits per heavy atom. The average molecular weight is 322 g/mol. The molecule has 2 atom stereocenters. The van der Waals surface area contributed by atoms with E-state index in [1.807, 2.05) is 24.3 Å². The van der Waals surface area contributed by atoms with Crippen LogP contribution in [0.1, 0.15) is 38.2 Å². The smallest absolute Gasteiger partial charge is 0.244 e. The second-order valence-electron chi connectivity index (χ2n) is 6.09. The van der Waals surface area contributed by atoms with E-state index in [-0.39, 0.29) is 5.91 Å². The lowest BCUT2D eigenvalue weighted by Gasteiger charge is -2.30. The van der Waals surface area contributed by atoms with Crippen molar-refractivity contribution < 1.29 is 9.69 Å². The summed E-state index contributed by atoms with van der Waals surface area (Å²) >= 11 is 5.91. The fraction of sp³-hybridized carbons (Fsp3) is 0.500. The minimum atomic E-state index is -0.0401. The standard InChI is InChI=1S/C18H25ClN2O/c1-15-6-2-3-12-21(15)13-5-11-20-18(22)10-9-16-7-4-8-17(19)14-16/h4,7-10,14-15H,2-3,5-6,11-13H2,1H3,(H,20,22)/p+1/b10-9+/t15-/m0/s1. The van der Waals surface area contributed by atoms with E-state index in [1.54, 1.807) is 17.1 Å². The monoisotopic (exact) mass is 321 g/mol. The number of benzene rings is 1. The molecule has 3 nitrogen and oxygen atoms in total. The largest absolute Gasteiger partial charge is 0.352 e. The Bertz CT molecular complexity index is 516. The van der Waals surface area contributed by atoms with Gasteiger partial charge in [0.25, 0.3) is 0 Å². The highest BCUT2D eigenvalue weighted by Crippen LogP contribution is 2.11. The number of carbonyl (C=O) groups excluding carboxylic acids is 1. The maximum absolute atomic E-state index is 11.8. The van der Waals surface area contributed by atoms with Gasteiger partial charge in [0.2, 0.25) is 5.91 Å². The SMILES string of the molecule is C[C@H]1CCCC[NH+]1CCCNC(=O)/C=C/c1cccc(Cl)c1. The Morgan fingerprint density at radius 3 is 3.09 bits per heavy atom. The van der Waals surface area contributed by atoms with Crippen LogP contribution in [0.3, 0.4) is 0 Å². The van der Waals surface area contributed by atoms with Crippen LogP contribution in [-0.4, -0.2) is 31.6 Å². The van der Waals surface area contributed by atoms with E-state index in [9.17, 15) is 4.79 Å². The lowest BCUT2D eigenvalue weighted by Crippen LogP contribution is -3.16. The van der Waals surface area contributed by atoms with Crippen LogP contribution in [0.15, 0.2) is 30.3 Å². The number of carbonyl (C=O) groups is 1. The highest BCUT2D eigenvalue weighted by atomic mass is 35.5. The van der Waals surface area contributed by atoms with Crippen molar-refractivity contribution in [2.75, 3.05) is 19.6 Å². The van der Waals surface area contributed by atoms with Gasteiger partial charge >= 0.3 is 0 Å². The van der Waals surface area contributed by atoms with Crippen LogP contribution in [-0.2, 0) is 4.79 Å². The highest BCUT2D eigenvalue weighted by Gasteiger charge is 2.20. The maximum atomic E-state index is 11.8. The zero-order chi connectivity index (χ0) is 15.8. The summed E-state index contributed by atoms with van der Waals surface area (Å²) in [5.74, 6) is -0.0401. The van der Waals surface area contributed by atoms with Gasteiger partial charge in [0.15, 0.2) is 0 Å². The molecule has 1 saturated heterocycles. The molecule has 1 heterocycles. The maximum Gasteiger partial charge on any atom is 0.244 e. The fourth-order valence-corrected chi connectivity index (χ4v) is 3.19. The fourth-order valence-electron chi connectivity index (χ4n) is 2.99. The molecule has 0 spiro atoms. The van der Waals surface area contributed by atoms with Crippen molar-refractivity contribution in [3.05, 3.63) is 40.9 Å². The number of halogens is 1. The Labute approximate surface area is 138 Å². The van der Waals surface area contributed by atoms with Crippen LogP contribution < -0.4 is 10.2 Å². The number of piperidine rings is 1. The third-order valence-electron chi connectivity index (χ3n) is 4.33. The second kappa shape index (κ2) is 8.96. The summed E-state index contributed by atoms with van der Waals surface area (Å²) in [5, 5.41) is 3.63. The number of hydrogen-bond acceptors (Lipinski definition) is 1. The summed E-state index contributed by atoms with van der Waals surface area (Å²) in [4.78, 5) is 13.5. The number of hydrogen-bond donors (Lipinski definition) is 2. The summed E-state index contributed by atoms with van der Waals surface area (Å²) in [6, 6.07) is 8.24. The molecule has 0 aliphatic carbocycles. The number of quaternary nitrogens is 1. The third-order valence-corrected chi connectivity index (χ3v) is 4.57. The first-order valence-corrected chi connectivity index (χ1v) is 8.59. The van der Waals surface area contributed by atoms with E-state index in [2.05, 4.69) is 12.2 Å². The first-order valence-electron chi connectivity index (χ1n) is 8.21. The molecule has 0 saturated carbocycles. The molecule has 22 heavy (non-hydrogen) atoms. The summed E-state index contributed by atoms with van der Waals surface area (Å²) in [5.41, 5.74) is 0.939. The molecule has 1 aliphatic heterocycles. The Hall–Kier alpha value is -1.32. The van der Waals surface area contributed by atoms with E-state index < -0.39 is 0 Å². The molecule has 120 valence electrons. The molecular formula is C18H26ClN2O+. The molecule has 1 aliphatic rings. The molecule has 1 aromatic carbocycles. The summed E-state index contributed by atoms with van der Waals surface area (Å²) in [7, 11) is 0. The predicted octanol–water partition coefficient (Wildman–Crippen LogP) is 2.32. The quantitative estimate of drug-likeness (QED) is 0.612. The molecule has 0 radical (unpaired) electrons. The molecule has 1 unspecified atom stereocenters. The van der Waals surface area contributed by atoms with E-state index in [4.69, 9.17) is 11.6 Å². The number of rotatable bonds is 6. The van der Waals surface area contributed by atoms with Gasteiger partial charge in [0.1, 0.15) is 0 Å². The topological polar surface area (TPSA) is 33.5 Å². The summed E-state index contributed by atoms with van der Waals surface area (Å²) < 4.78 is 0. The van der Waals surface area contributed by atoms with Gasteiger partial charge in [0.05, 0.1) is 19.1 Å². The zero-order valence-corrected chi connectivity index (χ0v) is 14.0. The number of likely N-dealkylation sites (tertiary alicyclic amines) is 1. The van der Waals surface area contributed by atoms with Crippen LogP contribution in [0.4, 0.5) is 0 Å². The molecule has 0 bridgehead atoms. The van der Waals surface area contributed by atoms with Crippen molar-refractivity contribution in [3.8, 4) is 0 Å². The third kappa shape index (κ3) is 5.82. The van der Waals surface area contributed by atoms with Crippen molar-refractivity contribution in [1.29, 1.82) is 0 Å². The molecule has 2 rings (SSSR count). The van der Waals surface area contributed by atoms with Gasteiger partial charge in [-0.3, -0.25) is 4.79 Å². The van der Waals surface area contributed by atoms with E-state index in [0.29, 0.717) is 5.02 Å². The zero-order valence-electron chi connectivity index (χ0n) is 13.3. The van der Waals surface area contributed by atoms with Crippen LogP contribution >= 0.6 is 11.6 Å². The van der Waals surface area contributed by atoms with Crippen LogP contribution in [0.5, 0.6) is 0 Å². The van der Waals surface area contributed by atoms with Crippen molar-refractivity contribution in [2.24, 2.45) is 0 Å². The van der Waals surface area contributed by atoms with Gasteiger partial charge in [-0.2, -0.15) is 0 Å². The molecule has 0 aromatic heterocycles. The van der Waals surface area contributed by atoms with Crippen LogP contribution in [0, 0.1) is 0 Å². The number of amides is 1. The average Bonchev–Trinajstić information content (AvgIpc) is 2.51. The van der Waals surface area contributed by atoms with E-state index >= 15 is 0 Å². The van der Waals surface area contributed by atoms with Crippen LogP contribution in [0.2, 0.25) is 5.02 Å². The van der Waals surface area contributed by atoms with Crippen molar-refractivity contribution in [2.45, 2.75) is 38.6 Å². The molecule has 1 amide bonds. The highest BCUT2D eigenvalue weighted by molar-refractivity contribution is 6.30. The molecule has 4 heteroatoms. The molecule has 2 N–H and O–H groups in total. The first kappa shape index (κ1) is 17.0. The van der Waals surface area contributed by atoms with Gasteiger partial charge in [-0.05, 0) is 50.0 Å². The molecule has 1 fully saturated rings. The van der Waals surface area contributed by atoms with Crippen molar-refractivity contribution in [3.63, 3.8) is 0 Å². The van der Waals surface area contributed by atoms with E-state index in [0.717, 1.165) is 31.1 Å². The predicted molar refractivity (Wildman–Crippen MR) is 92.1 cm³/mol. The van der Waals surface area contributed by atoms with Gasteiger partial charge in [-0.15, -0.1) is 0 Å². The summed E-state index contributed by atoms with van der Waals surface area (Å²) in [6.07, 6.45) is 8.45.